The number of anilines is 3. The number of aromatic nitrogens is 1. The molecule has 0 aliphatic rings. The molecule has 2 nitrogen and oxygen atoms in total. The summed E-state index contributed by atoms with van der Waals surface area (Å²) in [7, 11) is -2.71. The minimum absolute atomic E-state index is 1.11. The lowest BCUT2D eigenvalue weighted by atomic mass is 9.97. The number of fused-ring (bicyclic) bond motifs is 6. The predicted octanol–water partition coefficient (Wildman–Crippen LogP) is 15.3. The number of benzene rings is 11. The fourth-order valence-corrected chi connectivity index (χ4v) is 17.0. The molecular weight excluding hydrogens is 881 g/mol. The second-order valence-electron chi connectivity index (χ2n) is 18.0. The monoisotopic (exact) mass is 926 g/mol. The normalized spacial score (nSPS) is 11.7. The van der Waals surface area contributed by atoms with Gasteiger partial charge in [0.25, 0.3) is 0 Å². The third kappa shape index (κ3) is 6.91. The van der Waals surface area contributed by atoms with E-state index in [1.165, 1.54) is 96.4 Å². The number of thiophene rings is 1. The Kier molecular flexibility index (Phi) is 10.4. The van der Waals surface area contributed by atoms with Crippen molar-refractivity contribution in [3.8, 4) is 27.9 Å². The molecule has 13 rings (SSSR count). The molecule has 0 atom stereocenters. The van der Waals surface area contributed by atoms with Gasteiger partial charge < -0.3 is 9.47 Å². The molecule has 4 heteroatoms. The Morgan fingerprint density at radius 1 is 0.329 bits per heavy atom. The Morgan fingerprint density at radius 3 is 1.41 bits per heavy atom. The van der Waals surface area contributed by atoms with Crippen molar-refractivity contribution in [1.29, 1.82) is 0 Å². The Hall–Kier alpha value is -8.54. The van der Waals surface area contributed by atoms with Gasteiger partial charge in [-0.3, -0.25) is 0 Å². The average Bonchev–Trinajstić information content (AvgIpc) is 4.00. The molecule has 0 saturated carbocycles. The van der Waals surface area contributed by atoms with Crippen molar-refractivity contribution in [3.05, 3.63) is 279 Å². The Bertz CT molecular complexity index is 3860. The highest BCUT2D eigenvalue weighted by molar-refractivity contribution is 7.26. The summed E-state index contributed by atoms with van der Waals surface area (Å²) in [4.78, 5) is 2.46. The van der Waals surface area contributed by atoms with Crippen LogP contribution in [0.15, 0.2) is 279 Å². The lowest BCUT2D eigenvalue weighted by molar-refractivity contribution is 1.18. The highest BCUT2D eigenvalue weighted by atomic mass is 32.1. The van der Waals surface area contributed by atoms with Crippen LogP contribution in [-0.2, 0) is 0 Å². The van der Waals surface area contributed by atoms with E-state index in [-0.39, 0.29) is 0 Å². The zero-order chi connectivity index (χ0) is 46.4. The van der Waals surface area contributed by atoms with E-state index in [0.717, 1.165) is 11.4 Å². The smallest absolute Gasteiger partial charge is 0.179 e. The first-order valence-corrected chi connectivity index (χ1v) is 26.8. The number of nitrogens with zero attached hydrogens (tertiary/aromatic N) is 2. The van der Waals surface area contributed by atoms with Crippen LogP contribution in [0.5, 0.6) is 0 Å². The number of hydrogen-bond donors (Lipinski definition) is 0. The van der Waals surface area contributed by atoms with E-state index in [0.29, 0.717) is 0 Å². The van der Waals surface area contributed by atoms with Crippen molar-refractivity contribution in [2.75, 3.05) is 4.90 Å². The van der Waals surface area contributed by atoms with Crippen LogP contribution >= 0.6 is 11.3 Å². The Balaban J connectivity index is 0.910. The predicted molar refractivity (Wildman–Crippen MR) is 303 cm³/mol. The van der Waals surface area contributed by atoms with Gasteiger partial charge in [0.05, 0.1) is 21.4 Å². The third-order valence-electron chi connectivity index (χ3n) is 14.2. The molecule has 0 spiro atoms. The van der Waals surface area contributed by atoms with E-state index in [2.05, 4.69) is 289 Å². The lowest BCUT2D eigenvalue weighted by Crippen LogP contribution is -2.74. The van der Waals surface area contributed by atoms with Gasteiger partial charge in [-0.2, -0.15) is 0 Å². The quantitative estimate of drug-likeness (QED) is 0.0980. The summed E-state index contributed by atoms with van der Waals surface area (Å²) in [6, 6.07) is 103. The van der Waals surface area contributed by atoms with Gasteiger partial charge in [-0.05, 0) is 104 Å². The van der Waals surface area contributed by atoms with E-state index in [9.17, 15) is 0 Å². The summed E-state index contributed by atoms with van der Waals surface area (Å²) in [5.41, 5.74) is 11.8. The summed E-state index contributed by atoms with van der Waals surface area (Å²) in [6.45, 7) is 0. The summed E-state index contributed by atoms with van der Waals surface area (Å²) in [5.74, 6) is 0. The maximum absolute atomic E-state index is 2.71. The standard InChI is InChI=1S/C66H46N2SSi/c1-5-19-50(20-6-1)68-61-31-15-13-28-60(61)65-57(29-17-32-62(65)68)49-37-35-47(36-38-49)48-39-41-51(42-40-48)67(63-33-18-30-59-58-27-14-16-34-64(58)69-66(59)63)52-43-45-56(46-44-52)70(53-21-7-2-8-22-53,54-23-9-3-10-24-54)55-25-11-4-12-26-55/h1-46H. The van der Waals surface area contributed by atoms with Crippen LogP contribution in [0, 0.1) is 0 Å². The summed E-state index contributed by atoms with van der Waals surface area (Å²) in [6.07, 6.45) is 0. The molecule has 2 heterocycles. The fourth-order valence-electron chi connectivity index (χ4n) is 11.0. The Labute approximate surface area is 413 Å². The van der Waals surface area contributed by atoms with Crippen molar-refractivity contribution in [1.82, 2.24) is 4.57 Å². The molecule has 0 unspecified atom stereocenters. The van der Waals surface area contributed by atoms with E-state index in [1.807, 2.05) is 11.3 Å². The SMILES string of the molecule is c1ccc(-n2c3ccccc3c3c(-c4ccc(-c5ccc(N(c6ccc([Si](c7ccccc7)(c7ccccc7)c7ccccc7)cc6)c6cccc7c6sc6ccccc67)cc5)cc4)cccc32)cc1. The maximum atomic E-state index is 2.46. The maximum Gasteiger partial charge on any atom is 0.179 e. The van der Waals surface area contributed by atoms with Crippen molar-refractivity contribution in [2.45, 2.75) is 0 Å². The number of para-hydroxylation sites is 2. The molecule has 0 radical (unpaired) electrons. The lowest BCUT2D eigenvalue weighted by Gasteiger charge is -2.35. The molecule has 11 aromatic carbocycles. The van der Waals surface area contributed by atoms with Crippen LogP contribution in [0.2, 0.25) is 0 Å². The van der Waals surface area contributed by atoms with Gasteiger partial charge in [-0.1, -0.05) is 218 Å². The first-order valence-electron chi connectivity index (χ1n) is 24.0. The molecular formula is C66H46N2SSi. The van der Waals surface area contributed by atoms with Crippen LogP contribution in [0.4, 0.5) is 17.1 Å². The summed E-state index contributed by atoms with van der Waals surface area (Å²) >= 11 is 1.87. The van der Waals surface area contributed by atoms with Gasteiger partial charge in [0.15, 0.2) is 8.07 Å². The topological polar surface area (TPSA) is 8.17 Å². The van der Waals surface area contributed by atoms with Gasteiger partial charge in [0, 0.05) is 43.3 Å². The van der Waals surface area contributed by atoms with Gasteiger partial charge >= 0.3 is 0 Å². The van der Waals surface area contributed by atoms with E-state index < -0.39 is 8.07 Å². The average molecular weight is 927 g/mol. The molecule has 13 aromatic rings. The molecule has 70 heavy (non-hydrogen) atoms. The van der Waals surface area contributed by atoms with Crippen molar-refractivity contribution in [2.24, 2.45) is 0 Å². The molecule has 0 amide bonds. The highest BCUT2D eigenvalue weighted by Gasteiger charge is 2.41. The minimum Gasteiger partial charge on any atom is -0.309 e. The van der Waals surface area contributed by atoms with E-state index >= 15 is 0 Å². The molecule has 0 fully saturated rings. The molecule has 0 N–H and O–H groups in total. The molecule has 0 aliphatic carbocycles. The van der Waals surface area contributed by atoms with Crippen LogP contribution in [0.25, 0.3) is 69.9 Å². The number of hydrogen-bond acceptors (Lipinski definition) is 2. The van der Waals surface area contributed by atoms with E-state index in [4.69, 9.17) is 0 Å². The fraction of sp³-hybridized carbons (Fsp3) is 0. The largest absolute Gasteiger partial charge is 0.309 e. The second kappa shape index (κ2) is 17.5. The van der Waals surface area contributed by atoms with Crippen molar-refractivity contribution in [3.63, 3.8) is 0 Å². The van der Waals surface area contributed by atoms with Crippen LogP contribution in [0.3, 0.4) is 0 Å². The van der Waals surface area contributed by atoms with Crippen LogP contribution in [-0.4, -0.2) is 12.6 Å². The number of rotatable bonds is 10. The molecule has 0 aliphatic heterocycles. The molecule has 330 valence electrons. The zero-order valence-corrected chi connectivity index (χ0v) is 40.2. The first kappa shape index (κ1) is 41.6. The van der Waals surface area contributed by atoms with Crippen LogP contribution < -0.4 is 25.6 Å². The van der Waals surface area contributed by atoms with Crippen molar-refractivity contribution >= 4 is 99.2 Å². The summed E-state index contributed by atoms with van der Waals surface area (Å²) < 4.78 is 4.95. The second-order valence-corrected chi connectivity index (χ2v) is 22.9. The Morgan fingerprint density at radius 2 is 0.786 bits per heavy atom. The van der Waals surface area contributed by atoms with Gasteiger partial charge in [0.1, 0.15) is 0 Å². The van der Waals surface area contributed by atoms with Gasteiger partial charge in [0.2, 0.25) is 0 Å². The van der Waals surface area contributed by atoms with Gasteiger partial charge in [-0.25, -0.2) is 0 Å². The van der Waals surface area contributed by atoms with Crippen molar-refractivity contribution < 1.29 is 0 Å². The summed E-state index contributed by atoms with van der Waals surface area (Å²) in [5, 5.41) is 10.5. The molecule has 0 saturated heterocycles. The van der Waals surface area contributed by atoms with Gasteiger partial charge in [-0.15, -0.1) is 11.3 Å². The molecule has 2 aromatic heterocycles. The zero-order valence-electron chi connectivity index (χ0n) is 38.4. The highest BCUT2D eigenvalue weighted by Crippen LogP contribution is 2.45. The first-order chi connectivity index (χ1) is 34.7. The van der Waals surface area contributed by atoms with Crippen LogP contribution in [0.1, 0.15) is 0 Å². The van der Waals surface area contributed by atoms with E-state index in [1.54, 1.807) is 0 Å². The minimum atomic E-state index is -2.71. The molecule has 0 bridgehead atoms. The third-order valence-corrected chi connectivity index (χ3v) is 20.2.